The van der Waals surface area contributed by atoms with E-state index in [-0.39, 0.29) is 12.1 Å². The number of nitrogens with zero attached hydrogens (tertiary/aromatic N) is 1. The fourth-order valence-electron chi connectivity index (χ4n) is 3.34. The van der Waals surface area contributed by atoms with E-state index in [1.165, 1.54) is 10.4 Å². The molecule has 0 spiro atoms. The first-order valence-corrected chi connectivity index (χ1v) is 9.54. The Hall–Kier alpha value is -1.27. The first kappa shape index (κ1) is 16.2. The van der Waals surface area contributed by atoms with Crippen molar-refractivity contribution in [1.29, 1.82) is 0 Å². The lowest BCUT2D eigenvalue weighted by Crippen LogP contribution is -2.39. The Balaban J connectivity index is 1.70. The van der Waals surface area contributed by atoms with Crippen molar-refractivity contribution in [2.75, 3.05) is 18.4 Å². The van der Waals surface area contributed by atoms with Crippen molar-refractivity contribution in [2.24, 2.45) is 0 Å². The molecule has 2 aliphatic rings. The summed E-state index contributed by atoms with van der Waals surface area (Å²) < 4.78 is 0. The number of likely N-dealkylation sites (N-methyl/N-ethyl adjacent to an activating group) is 1. The second-order valence-electron chi connectivity index (χ2n) is 6.02. The van der Waals surface area contributed by atoms with E-state index in [1.807, 2.05) is 12.1 Å². The fourth-order valence-corrected chi connectivity index (χ4v) is 5.07. The van der Waals surface area contributed by atoms with Gasteiger partial charge in [-0.05, 0) is 24.6 Å². The Bertz CT molecular complexity index is 820. The van der Waals surface area contributed by atoms with Crippen molar-refractivity contribution in [3.8, 4) is 0 Å². The summed E-state index contributed by atoms with van der Waals surface area (Å²) >= 11 is 14.1. The van der Waals surface area contributed by atoms with E-state index in [1.54, 1.807) is 17.4 Å². The molecule has 24 heavy (non-hydrogen) atoms. The number of benzene rings is 1. The number of rotatable bonds is 2. The zero-order chi connectivity index (χ0) is 16.8. The van der Waals surface area contributed by atoms with Crippen LogP contribution >= 0.6 is 34.5 Å². The van der Waals surface area contributed by atoms with Crippen molar-refractivity contribution >= 4 is 45.4 Å². The van der Waals surface area contributed by atoms with Crippen LogP contribution in [0.1, 0.15) is 39.5 Å². The topological polar surface area (TPSA) is 44.4 Å². The molecule has 1 aromatic carbocycles. The minimum Gasteiger partial charge on any atom is -0.353 e. The van der Waals surface area contributed by atoms with Crippen LogP contribution in [-0.4, -0.2) is 23.9 Å². The average Bonchev–Trinajstić information content (AvgIpc) is 2.94. The third-order valence-corrected chi connectivity index (χ3v) is 6.64. The quantitative estimate of drug-likeness (QED) is 0.815. The zero-order valence-corrected chi connectivity index (χ0v) is 15.5. The van der Waals surface area contributed by atoms with Crippen LogP contribution in [0.2, 0.25) is 10.0 Å². The van der Waals surface area contributed by atoms with Crippen molar-refractivity contribution in [2.45, 2.75) is 26.1 Å². The average molecular weight is 382 g/mol. The van der Waals surface area contributed by atoms with Crippen molar-refractivity contribution < 1.29 is 4.79 Å². The first-order valence-electron chi connectivity index (χ1n) is 7.96. The van der Waals surface area contributed by atoms with Gasteiger partial charge in [-0.3, -0.25) is 9.69 Å². The molecule has 2 aromatic rings. The number of hydrogen-bond acceptors (Lipinski definition) is 4. The highest BCUT2D eigenvalue weighted by Crippen LogP contribution is 2.42. The molecule has 0 saturated heterocycles. The maximum absolute atomic E-state index is 12.7. The van der Waals surface area contributed by atoms with Crippen molar-refractivity contribution in [3.63, 3.8) is 0 Å². The Morgan fingerprint density at radius 2 is 2.17 bits per heavy atom. The number of amides is 1. The number of carbonyl (C=O) groups is 1. The highest BCUT2D eigenvalue weighted by molar-refractivity contribution is 7.16. The minimum atomic E-state index is -0.362. The molecule has 0 fully saturated rings. The van der Waals surface area contributed by atoms with E-state index in [0.29, 0.717) is 10.0 Å². The maximum Gasteiger partial charge on any atom is 0.256 e. The van der Waals surface area contributed by atoms with E-state index in [9.17, 15) is 4.79 Å². The summed E-state index contributed by atoms with van der Waals surface area (Å²) in [5.41, 5.74) is 2.78. The van der Waals surface area contributed by atoms with E-state index in [2.05, 4.69) is 22.5 Å². The molecule has 7 heteroatoms. The van der Waals surface area contributed by atoms with Gasteiger partial charge in [0.25, 0.3) is 5.91 Å². The molecule has 0 radical (unpaired) electrons. The summed E-state index contributed by atoms with van der Waals surface area (Å²) in [5.74, 6) is -0.0350. The van der Waals surface area contributed by atoms with Gasteiger partial charge < -0.3 is 10.6 Å². The molecule has 2 N–H and O–H groups in total. The summed E-state index contributed by atoms with van der Waals surface area (Å²) in [6.45, 7) is 5.12. The number of anilines is 1. The monoisotopic (exact) mass is 381 g/mol. The van der Waals surface area contributed by atoms with Crippen LogP contribution in [0.15, 0.2) is 18.2 Å². The van der Waals surface area contributed by atoms with Gasteiger partial charge in [0.05, 0.1) is 15.6 Å². The molecule has 0 aliphatic carbocycles. The Kier molecular flexibility index (Phi) is 4.21. The van der Waals surface area contributed by atoms with Crippen molar-refractivity contribution in [1.82, 2.24) is 10.2 Å². The Morgan fingerprint density at radius 3 is 2.96 bits per heavy atom. The van der Waals surface area contributed by atoms with Gasteiger partial charge in [-0.1, -0.05) is 42.3 Å². The molecule has 4 rings (SSSR count). The number of nitrogens with one attached hydrogen (secondary N) is 2. The van der Waals surface area contributed by atoms with Gasteiger partial charge in [-0.25, -0.2) is 0 Å². The molecule has 1 amide bonds. The maximum atomic E-state index is 12.7. The predicted octanol–water partition coefficient (Wildman–Crippen LogP) is 4.29. The number of carbonyl (C=O) groups excluding carboxylic acids is 1. The molecule has 0 unspecified atom stereocenters. The zero-order valence-electron chi connectivity index (χ0n) is 13.2. The van der Waals surface area contributed by atoms with Gasteiger partial charge in [0.15, 0.2) is 0 Å². The molecular weight excluding hydrogens is 365 g/mol. The standard InChI is InChI=1S/C17H17Cl2N3OS/c1-2-22-7-6-9-12(8-22)24-17-13(9)16(23)20-15(21-17)10-4-3-5-11(18)14(10)19/h3-5,15,21H,2,6-8H2,1H3,(H,20,23)/t15-/m0/s1. The van der Waals surface area contributed by atoms with Crippen LogP contribution < -0.4 is 10.6 Å². The van der Waals surface area contributed by atoms with Crippen LogP contribution in [0.4, 0.5) is 5.00 Å². The minimum absolute atomic E-state index is 0.0350. The summed E-state index contributed by atoms with van der Waals surface area (Å²) in [6, 6.07) is 5.46. The van der Waals surface area contributed by atoms with Gasteiger partial charge in [0.1, 0.15) is 11.2 Å². The fraction of sp³-hybridized carbons (Fsp3) is 0.353. The van der Waals surface area contributed by atoms with E-state index in [4.69, 9.17) is 23.2 Å². The normalized spacial score (nSPS) is 20.1. The lowest BCUT2D eigenvalue weighted by molar-refractivity contribution is 0.0935. The van der Waals surface area contributed by atoms with Gasteiger partial charge in [-0.15, -0.1) is 11.3 Å². The van der Waals surface area contributed by atoms with E-state index in [0.717, 1.165) is 42.2 Å². The van der Waals surface area contributed by atoms with Gasteiger partial charge in [0.2, 0.25) is 0 Å². The lowest BCUT2D eigenvalue weighted by atomic mass is 10.0. The molecule has 3 heterocycles. The van der Waals surface area contributed by atoms with E-state index < -0.39 is 0 Å². The molecular formula is C17H17Cl2N3OS. The van der Waals surface area contributed by atoms with Crippen LogP contribution in [0.3, 0.4) is 0 Å². The lowest BCUT2D eigenvalue weighted by Gasteiger charge is -2.28. The number of fused-ring (bicyclic) bond motifs is 3. The Labute approximate surface area is 154 Å². The largest absolute Gasteiger partial charge is 0.353 e. The second-order valence-corrected chi connectivity index (χ2v) is 7.91. The van der Waals surface area contributed by atoms with Crippen LogP contribution in [0, 0.1) is 0 Å². The van der Waals surface area contributed by atoms with Gasteiger partial charge in [-0.2, -0.15) is 0 Å². The number of halogens is 2. The smallest absolute Gasteiger partial charge is 0.256 e. The second kappa shape index (κ2) is 6.23. The van der Waals surface area contributed by atoms with Crippen LogP contribution in [0.25, 0.3) is 0 Å². The molecule has 0 bridgehead atoms. The summed E-state index contributed by atoms with van der Waals surface area (Å²) in [7, 11) is 0. The molecule has 1 aromatic heterocycles. The molecule has 1 atom stereocenters. The van der Waals surface area contributed by atoms with E-state index >= 15 is 0 Å². The van der Waals surface area contributed by atoms with Crippen molar-refractivity contribution in [3.05, 3.63) is 49.8 Å². The molecule has 4 nitrogen and oxygen atoms in total. The summed E-state index contributed by atoms with van der Waals surface area (Å²) in [6.07, 6.45) is 0.561. The third kappa shape index (κ3) is 2.60. The molecule has 126 valence electrons. The van der Waals surface area contributed by atoms with Crippen LogP contribution in [0.5, 0.6) is 0 Å². The first-order chi connectivity index (χ1) is 11.6. The van der Waals surface area contributed by atoms with Gasteiger partial charge in [0, 0.05) is 23.5 Å². The predicted molar refractivity (Wildman–Crippen MR) is 99.3 cm³/mol. The van der Waals surface area contributed by atoms with Gasteiger partial charge >= 0.3 is 0 Å². The molecule has 2 aliphatic heterocycles. The highest BCUT2D eigenvalue weighted by Gasteiger charge is 2.33. The SMILES string of the molecule is CCN1CCc2c(sc3c2C(=O)N[C@H](c2cccc(Cl)c2Cl)N3)C1. The summed E-state index contributed by atoms with van der Waals surface area (Å²) in [5, 5.41) is 8.34. The highest BCUT2D eigenvalue weighted by atomic mass is 35.5. The Morgan fingerprint density at radius 1 is 1.33 bits per heavy atom. The number of thiophene rings is 1. The molecule has 0 saturated carbocycles. The third-order valence-electron chi connectivity index (χ3n) is 4.65. The summed E-state index contributed by atoms with van der Waals surface area (Å²) in [4.78, 5) is 16.4. The van der Waals surface area contributed by atoms with Crippen LogP contribution in [-0.2, 0) is 13.0 Å². The number of hydrogen-bond donors (Lipinski definition) is 2.